The molecule has 8 aromatic rings. The SMILES string of the molecule is C=Cc1cc2c(s1)-c1sc3c(c1C2(c1ccc(CCCCCC)cc1)c1ccc(CCCCCC)cc1)OC(CCC(C)CCCC(C)C)(CCC(C)CCCC(C)C)c1c-3sc2c1C(c1ccc(CCCCCC)cc1)(c1ccc(CCCCCC)cc1)c1cc(C=O)sc1-2. The van der Waals surface area contributed by atoms with Crippen molar-refractivity contribution >= 4 is 57.7 Å². The third-order valence-corrected chi connectivity index (χ3v) is 27.4. The number of rotatable bonds is 40. The van der Waals surface area contributed by atoms with Gasteiger partial charge in [0.1, 0.15) is 11.4 Å². The van der Waals surface area contributed by atoms with Crippen LogP contribution in [0.5, 0.6) is 5.75 Å². The van der Waals surface area contributed by atoms with Gasteiger partial charge < -0.3 is 4.74 Å². The van der Waals surface area contributed by atoms with Crippen LogP contribution in [-0.2, 0) is 42.1 Å². The van der Waals surface area contributed by atoms with Crippen LogP contribution in [0, 0.1) is 23.7 Å². The number of carbonyl (C=O) groups is 1. The van der Waals surface area contributed by atoms with E-state index in [1.807, 2.05) is 34.0 Å². The van der Waals surface area contributed by atoms with Gasteiger partial charge in [-0.1, -0.05) is 295 Å². The fourth-order valence-corrected chi connectivity index (χ4v) is 22.1. The Balaban J connectivity index is 1.21. The van der Waals surface area contributed by atoms with Crippen LogP contribution >= 0.6 is 45.3 Å². The number of fused-ring (bicyclic) bond motifs is 11. The van der Waals surface area contributed by atoms with Crippen LogP contribution < -0.4 is 4.74 Å². The Labute approximate surface area is 597 Å². The Kier molecular flexibility index (Phi) is 25.1. The first-order valence-electron chi connectivity index (χ1n) is 38.6. The molecule has 5 heterocycles. The topological polar surface area (TPSA) is 26.3 Å². The Morgan fingerprint density at radius 1 is 0.385 bits per heavy atom. The molecule has 3 aliphatic rings. The molecule has 96 heavy (non-hydrogen) atoms. The molecule has 4 aromatic heterocycles. The van der Waals surface area contributed by atoms with Crippen LogP contribution in [0.15, 0.2) is 116 Å². The molecule has 0 radical (unpaired) electrons. The predicted octanol–water partition coefficient (Wildman–Crippen LogP) is 28.3. The maximum absolute atomic E-state index is 13.5. The Bertz CT molecular complexity index is 3640. The van der Waals surface area contributed by atoms with E-state index in [1.54, 1.807) is 11.3 Å². The van der Waals surface area contributed by atoms with Gasteiger partial charge in [-0.15, -0.1) is 45.3 Å². The number of benzene rings is 4. The van der Waals surface area contributed by atoms with Crippen LogP contribution in [-0.4, -0.2) is 6.29 Å². The summed E-state index contributed by atoms with van der Waals surface area (Å²) >= 11 is 7.71. The first-order valence-corrected chi connectivity index (χ1v) is 41.8. The van der Waals surface area contributed by atoms with E-state index in [0.29, 0.717) is 23.7 Å². The van der Waals surface area contributed by atoms with Gasteiger partial charge in [-0.3, -0.25) is 4.79 Å². The molecule has 0 saturated heterocycles. The molecule has 11 rings (SSSR count). The van der Waals surface area contributed by atoms with Crippen molar-refractivity contribution in [3.63, 3.8) is 0 Å². The minimum absolute atomic E-state index is 0.526. The van der Waals surface area contributed by atoms with Gasteiger partial charge in [-0.2, -0.15) is 0 Å². The molecule has 0 amide bonds. The highest BCUT2D eigenvalue weighted by Crippen LogP contribution is 2.73. The Morgan fingerprint density at radius 2 is 0.740 bits per heavy atom. The lowest BCUT2D eigenvalue weighted by atomic mass is 9.64. The molecule has 2 atom stereocenters. The second-order valence-electron chi connectivity index (χ2n) is 30.6. The highest BCUT2D eigenvalue weighted by Gasteiger charge is 2.60. The van der Waals surface area contributed by atoms with Crippen molar-refractivity contribution < 1.29 is 9.53 Å². The van der Waals surface area contributed by atoms with Gasteiger partial charge in [0.15, 0.2) is 6.29 Å². The zero-order valence-corrected chi connectivity index (χ0v) is 64.0. The number of hydrogen-bond acceptors (Lipinski definition) is 6. The van der Waals surface area contributed by atoms with Gasteiger partial charge in [0.2, 0.25) is 0 Å². The van der Waals surface area contributed by atoms with Crippen molar-refractivity contribution in [2.75, 3.05) is 0 Å². The smallest absolute Gasteiger partial charge is 0.160 e. The maximum atomic E-state index is 13.5. The molecule has 0 N–H and O–H groups in total. The molecule has 1 aliphatic heterocycles. The van der Waals surface area contributed by atoms with Gasteiger partial charge in [-0.05, 0) is 174 Å². The number of carbonyl (C=O) groups excluding carboxylic acids is 1. The van der Waals surface area contributed by atoms with Gasteiger partial charge in [0.25, 0.3) is 0 Å². The number of unbranched alkanes of at least 4 members (excludes halogenated alkanes) is 12. The summed E-state index contributed by atoms with van der Waals surface area (Å²) in [5.74, 6) is 3.54. The minimum Gasteiger partial charge on any atom is -0.481 e. The molecule has 2 aliphatic carbocycles. The van der Waals surface area contributed by atoms with Crippen molar-refractivity contribution in [3.05, 3.63) is 198 Å². The summed E-state index contributed by atoms with van der Waals surface area (Å²) < 4.78 is 8.95. The summed E-state index contributed by atoms with van der Waals surface area (Å²) in [6.45, 7) is 28.4. The monoisotopic (exact) mass is 1360 g/mol. The molecule has 2 nitrogen and oxygen atoms in total. The van der Waals surface area contributed by atoms with E-state index in [4.69, 9.17) is 4.74 Å². The lowest BCUT2D eigenvalue weighted by Crippen LogP contribution is -2.41. The fraction of sp³-hybridized carbons (Fsp3) is 0.522. The first-order chi connectivity index (χ1) is 46.8. The van der Waals surface area contributed by atoms with Crippen LogP contribution in [0.4, 0.5) is 0 Å². The molecular weight excluding hydrogens is 1240 g/mol. The first kappa shape index (κ1) is 72.2. The van der Waals surface area contributed by atoms with E-state index < -0.39 is 16.4 Å². The molecule has 4 aromatic carbocycles. The molecule has 0 bridgehead atoms. The van der Waals surface area contributed by atoms with E-state index in [1.165, 1.54) is 248 Å². The molecule has 0 saturated carbocycles. The van der Waals surface area contributed by atoms with E-state index in [-0.39, 0.29) is 0 Å². The predicted molar refractivity (Wildman–Crippen MR) is 421 cm³/mol. The van der Waals surface area contributed by atoms with E-state index in [0.717, 1.165) is 68.3 Å². The van der Waals surface area contributed by atoms with Gasteiger partial charge in [-0.25, -0.2) is 0 Å². The third-order valence-electron chi connectivity index (χ3n) is 22.4. The van der Waals surface area contributed by atoms with E-state index >= 15 is 0 Å². The van der Waals surface area contributed by atoms with Gasteiger partial charge in [0.05, 0.1) is 45.0 Å². The summed E-state index contributed by atoms with van der Waals surface area (Å²) in [4.78, 5) is 23.6. The van der Waals surface area contributed by atoms with Crippen LogP contribution in [0.1, 0.15) is 323 Å². The van der Waals surface area contributed by atoms with Crippen molar-refractivity contribution in [3.8, 4) is 35.0 Å². The molecule has 0 spiro atoms. The highest BCUT2D eigenvalue weighted by atomic mass is 32.1. The van der Waals surface area contributed by atoms with E-state index in [2.05, 4.69) is 191 Å². The lowest BCUT2D eigenvalue weighted by Gasteiger charge is -2.44. The van der Waals surface area contributed by atoms with Crippen LogP contribution in [0.2, 0.25) is 0 Å². The molecule has 6 heteroatoms. The zero-order valence-electron chi connectivity index (χ0n) is 60.7. The normalized spacial score (nSPS) is 16.1. The van der Waals surface area contributed by atoms with Crippen LogP contribution in [0.3, 0.4) is 0 Å². The number of ether oxygens (including phenoxy) is 1. The van der Waals surface area contributed by atoms with Gasteiger partial charge in [0, 0.05) is 16.0 Å². The maximum Gasteiger partial charge on any atom is 0.160 e. The number of aldehydes is 1. The van der Waals surface area contributed by atoms with Crippen molar-refractivity contribution in [1.29, 1.82) is 0 Å². The summed E-state index contributed by atoms with van der Waals surface area (Å²) in [6.07, 6.45) is 39.0. The van der Waals surface area contributed by atoms with E-state index in [9.17, 15) is 4.79 Å². The van der Waals surface area contributed by atoms with Crippen molar-refractivity contribution in [2.24, 2.45) is 23.7 Å². The van der Waals surface area contributed by atoms with Crippen molar-refractivity contribution in [1.82, 2.24) is 0 Å². The van der Waals surface area contributed by atoms with Crippen molar-refractivity contribution in [2.45, 2.75) is 278 Å². The fourth-order valence-electron chi connectivity index (χ4n) is 16.8. The largest absolute Gasteiger partial charge is 0.481 e. The molecule has 2 unspecified atom stereocenters. The average Bonchev–Trinajstić information content (AvgIpc) is 1.49. The summed E-state index contributed by atoms with van der Waals surface area (Å²) in [5, 5.41) is 0. The Morgan fingerprint density at radius 3 is 1.11 bits per heavy atom. The minimum atomic E-state index is -0.702. The highest BCUT2D eigenvalue weighted by molar-refractivity contribution is 7.29. The van der Waals surface area contributed by atoms with Crippen LogP contribution in [0.25, 0.3) is 35.3 Å². The molecule has 512 valence electrons. The average molecular weight is 1360 g/mol. The summed E-state index contributed by atoms with van der Waals surface area (Å²) in [5.41, 5.74) is 15.7. The summed E-state index contributed by atoms with van der Waals surface area (Å²) in [7, 11) is 0. The summed E-state index contributed by atoms with van der Waals surface area (Å²) in [6, 6.07) is 44.7. The molecule has 0 fully saturated rings. The standard InChI is InChI=1S/C90H116O2S4/c1-12-17-21-25-35-66-39-47-70(48-40-66)89(71-49-41-67(42-50-71)36-26-22-18-13-2)77-60-75(61-91)94-82(77)85-79(89)78-84(95-85)87-81(92-88(78,57-55-64(10)33-29-31-62(6)7)58-56-65(11)34-30-32-63(8)9)80-86(96-87)83-76(59-74(16-5)93-83)90(80,72-51-43-68(44-52-72)37-27-23-19-14-3)73-53-45-69(46-54-73)38-28-24-20-15-4/h16,39-54,59-65H,5,12-15,17-38,55-58H2,1-4,6-11H3. The second-order valence-corrected chi connectivity index (χ2v) is 34.9. The lowest BCUT2D eigenvalue weighted by molar-refractivity contribution is 0.0300. The second kappa shape index (κ2) is 33.4. The third kappa shape index (κ3) is 15.0. The number of hydrogen-bond donors (Lipinski definition) is 0. The number of aryl methyl sites for hydroxylation is 4. The Hall–Kier alpha value is -5.11. The quantitative estimate of drug-likeness (QED) is 0.0283. The zero-order chi connectivity index (χ0) is 67.4. The molecular formula is C90H116O2S4. The van der Waals surface area contributed by atoms with Gasteiger partial charge >= 0.3 is 0 Å². The number of thiophene rings is 4.